The molecular formula is C14H12F3N5O3S. The van der Waals surface area contributed by atoms with Crippen molar-refractivity contribution in [2.75, 3.05) is 12.4 Å². The van der Waals surface area contributed by atoms with Crippen molar-refractivity contribution >= 4 is 32.6 Å². The maximum Gasteiger partial charge on any atom is 0.573 e. The number of aromatic nitrogens is 3. The number of hydrogen-bond acceptors (Lipinski definition) is 6. The van der Waals surface area contributed by atoms with Gasteiger partial charge in [-0.1, -0.05) is 0 Å². The highest BCUT2D eigenvalue weighted by Gasteiger charge is 2.32. The van der Waals surface area contributed by atoms with Gasteiger partial charge in [0.25, 0.3) is 0 Å². The molecule has 2 heterocycles. The SMILES string of the molecule is CNS(=O)(=O)c1ccc(OC(F)(F)F)c(Nc2ncnc3[nH]ccc23)c1. The van der Waals surface area contributed by atoms with Gasteiger partial charge in [-0.05, 0) is 31.3 Å². The van der Waals surface area contributed by atoms with Gasteiger partial charge in [-0.3, -0.25) is 0 Å². The first-order chi connectivity index (χ1) is 12.2. The minimum atomic E-state index is -4.95. The third-order valence-corrected chi connectivity index (χ3v) is 4.77. The first kappa shape index (κ1) is 17.9. The summed E-state index contributed by atoms with van der Waals surface area (Å²) in [4.78, 5) is 10.5. The Hall–Kier alpha value is -2.86. The zero-order valence-corrected chi connectivity index (χ0v) is 13.9. The zero-order chi connectivity index (χ0) is 18.9. The number of aromatic amines is 1. The Kier molecular flexibility index (Phi) is 4.46. The third-order valence-electron chi connectivity index (χ3n) is 3.36. The van der Waals surface area contributed by atoms with E-state index in [1.54, 1.807) is 12.3 Å². The monoisotopic (exact) mass is 387 g/mol. The topological polar surface area (TPSA) is 109 Å². The van der Waals surface area contributed by atoms with E-state index in [0.29, 0.717) is 11.0 Å². The molecule has 0 saturated heterocycles. The molecule has 0 saturated carbocycles. The van der Waals surface area contributed by atoms with Crippen LogP contribution in [0.1, 0.15) is 0 Å². The van der Waals surface area contributed by atoms with Crippen LogP contribution in [0.25, 0.3) is 11.0 Å². The van der Waals surface area contributed by atoms with Crippen LogP contribution in [0, 0.1) is 0 Å². The second kappa shape index (κ2) is 6.46. The number of rotatable bonds is 5. The van der Waals surface area contributed by atoms with E-state index >= 15 is 0 Å². The summed E-state index contributed by atoms with van der Waals surface area (Å²) >= 11 is 0. The number of sulfonamides is 1. The molecule has 0 unspecified atom stereocenters. The van der Waals surface area contributed by atoms with Gasteiger partial charge >= 0.3 is 6.36 Å². The minimum Gasteiger partial charge on any atom is -0.404 e. The van der Waals surface area contributed by atoms with E-state index < -0.39 is 22.1 Å². The molecule has 1 aromatic carbocycles. The first-order valence-corrected chi connectivity index (χ1v) is 8.56. The molecule has 0 fully saturated rings. The quantitative estimate of drug-likeness (QED) is 0.621. The van der Waals surface area contributed by atoms with Crippen molar-refractivity contribution in [1.82, 2.24) is 19.7 Å². The largest absolute Gasteiger partial charge is 0.573 e. The van der Waals surface area contributed by atoms with E-state index in [9.17, 15) is 21.6 Å². The van der Waals surface area contributed by atoms with Crippen molar-refractivity contribution in [3.8, 4) is 5.75 Å². The molecule has 26 heavy (non-hydrogen) atoms. The molecule has 0 aliphatic carbocycles. The molecule has 138 valence electrons. The van der Waals surface area contributed by atoms with Crippen LogP contribution in [-0.4, -0.2) is 36.8 Å². The predicted octanol–water partition coefficient (Wildman–Crippen LogP) is 2.51. The van der Waals surface area contributed by atoms with Gasteiger partial charge in [-0.2, -0.15) is 0 Å². The number of anilines is 2. The van der Waals surface area contributed by atoms with Crippen molar-refractivity contribution in [3.05, 3.63) is 36.8 Å². The van der Waals surface area contributed by atoms with Gasteiger partial charge in [-0.25, -0.2) is 23.1 Å². The molecule has 2 aromatic heterocycles. The van der Waals surface area contributed by atoms with E-state index in [1.807, 2.05) is 0 Å². The fourth-order valence-electron chi connectivity index (χ4n) is 2.21. The van der Waals surface area contributed by atoms with Crippen LogP contribution in [0.5, 0.6) is 5.75 Å². The maximum atomic E-state index is 12.7. The minimum absolute atomic E-state index is 0.183. The van der Waals surface area contributed by atoms with Crippen LogP contribution in [0.4, 0.5) is 24.7 Å². The van der Waals surface area contributed by atoms with Crippen molar-refractivity contribution in [3.63, 3.8) is 0 Å². The lowest BCUT2D eigenvalue weighted by atomic mass is 10.2. The number of nitrogens with zero attached hydrogens (tertiary/aromatic N) is 2. The number of ether oxygens (including phenoxy) is 1. The lowest BCUT2D eigenvalue weighted by Gasteiger charge is -2.16. The number of halogens is 3. The van der Waals surface area contributed by atoms with Gasteiger partial charge in [0, 0.05) is 6.20 Å². The van der Waals surface area contributed by atoms with Crippen molar-refractivity contribution in [2.24, 2.45) is 0 Å². The Morgan fingerprint density at radius 3 is 2.65 bits per heavy atom. The molecular weight excluding hydrogens is 375 g/mol. The van der Waals surface area contributed by atoms with Crippen LogP contribution in [-0.2, 0) is 10.0 Å². The Balaban J connectivity index is 2.10. The summed E-state index contributed by atoms with van der Waals surface area (Å²) in [7, 11) is -2.68. The highest BCUT2D eigenvalue weighted by Crippen LogP contribution is 2.35. The van der Waals surface area contributed by atoms with Crippen molar-refractivity contribution < 1.29 is 26.3 Å². The molecule has 0 radical (unpaired) electrons. The molecule has 0 aliphatic rings. The lowest BCUT2D eigenvalue weighted by molar-refractivity contribution is -0.274. The van der Waals surface area contributed by atoms with Gasteiger partial charge in [0.1, 0.15) is 17.8 Å². The molecule has 0 atom stereocenters. The second-order valence-corrected chi connectivity index (χ2v) is 6.89. The van der Waals surface area contributed by atoms with Crippen molar-refractivity contribution in [2.45, 2.75) is 11.3 Å². The van der Waals surface area contributed by atoms with Gasteiger partial charge in [0.15, 0.2) is 5.75 Å². The van der Waals surface area contributed by atoms with E-state index in [-0.39, 0.29) is 16.4 Å². The fraction of sp³-hybridized carbons (Fsp3) is 0.143. The number of hydrogen-bond donors (Lipinski definition) is 3. The van der Waals surface area contributed by atoms with E-state index in [0.717, 1.165) is 18.2 Å². The van der Waals surface area contributed by atoms with Gasteiger partial charge in [0.05, 0.1) is 16.0 Å². The van der Waals surface area contributed by atoms with Gasteiger partial charge < -0.3 is 15.0 Å². The summed E-state index contributed by atoms with van der Waals surface area (Å²) in [5.74, 6) is -0.419. The van der Waals surface area contributed by atoms with E-state index in [2.05, 4.69) is 29.7 Å². The molecule has 8 nitrogen and oxygen atoms in total. The predicted molar refractivity (Wildman–Crippen MR) is 86.5 cm³/mol. The lowest BCUT2D eigenvalue weighted by Crippen LogP contribution is -2.20. The molecule has 3 N–H and O–H groups in total. The van der Waals surface area contributed by atoms with Crippen LogP contribution in [0.3, 0.4) is 0 Å². The van der Waals surface area contributed by atoms with Crippen LogP contribution >= 0.6 is 0 Å². The van der Waals surface area contributed by atoms with Crippen LogP contribution in [0.15, 0.2) is 41.7 Å². The molecule has 12 heteroatoms. The maximum absolute atomic E-state index is 12.7. The Bertz CT molecular complexity index is 1050. The Labute approximate surface area is 145 Å². The van der Waals surface area contributed by atoms with Crippen LogP contribution < -0.4 is 14.8 Å². The summed E-state index contributed by atoms with van der Waals surface area (Å²) in [6, 6.07) is 4.56. The number of alkyl halides is 3. The summed E-state index contributed by atoms with van der Waals surface area (Å²) in [6.45, 7) is 0. The summed E-state index contributed by atoms with van der Waals surface area (Å²) in [5, 5.41) is 3.18. The fourth-order valence-corrected chi connectivity index (χ4v) is 2.96. The highest BCUT2D eigenvalue weighted by molar-refractivity contribution is 7.89. The smallest absolute Gasteiger partial charge is 0.404 e. The number of H-pyrrole nitrogens is 1. The van der Waals surface area contributed by atoms with E-state index in [4.69, 9.17) is 0 Å². The van der Waals surface area contributed by atoms with Crippen molar-refractivity contribution in [1.29, 1.82) is 0 Å². The third kappa shape index (κ3) is 3.70. The van der Waals surface area contributed by atoms with E-state index in [1.165, 1.54) is 13.4 Å². The molecule has 0 spiro atoms. The van der Waals surface area contributed by atoms with Gasteiger partial charge in [-0.15, -0.1) is 13.2 Å². The Morgan fingerprint density at radius 1 is 1.19 bits per heavy atom. The molecule has 0 amide bonds. The normalized spacial score (nSPS) is 12.3. The summed E-state index contributed by atoms with van der Waals surface area (Å²) < 4.78 is 67.9. The summed E-state index contributed by atoms with van der Waals surface area (Å²) in [5.41, 5.74) is 0.236. The second-order valence-electron chi connectivity index (χ2n) is 5.00. The standard InChI is InChI=1S/C14H12F3N5O3S/c1-18-26(23,24)8-2-3-11(25-14(15,16)17)10(6-8)22-13-9-4-5-19-12(9)20-7-21-13/h2-7,18H,1H3,(H2,19,20,21,22). The van der Waals surface area contributed by atoms with Crippen LogP contribution in [0.2, 0.25) is 0 Å². The zero-order valence-electron chi connectivity index (χ0n) is 13.1. The average Bonchev–Trinajstić information content (AvgIpc) is 3.04. The molecule has 3 aromatic rings. The first-order valence-electron chi connectivity index (χ1n) is 7.08. The number of nitrogens with one attached hydrogen (secondary N) is 3. The molecule has 0 bridgehead atoms. The molecule has 3 rings (SSSR count). The molecule has 0 aliphatic heterocycles. The summed E-state index contributed by atoms with van der Waals surface area (Å²) in [6.07, 6.45) is -2.16. The number of fused-ring (bicyclic) bond motifs is 1. The van der Waals surface area contributed by atoms with Gasteiger partial charge in [0.2, 0.25) is 10.0 Å². The Morgan fingerprint density at radius 2 is 1.96 bits per heavy atom. The highest BCUT2D eigenvalue weighted by atomic mass is 32.2. The number of benzene rings is 1. The average molecular weight is 387 g/mol.